The largest absolute Gasteiger partial charge is 0.311 e. The zero-order chi connectivity index (χ0) is 5.98. The topological polar surface area (TPSA) is 35.9 Å². The summed E-state index contributed by atoms with van der Waals surface area (Å²) < 4.78 is 0. The molecule has 1 aliphatic heterocycles. The Balaban J connectivity index is 2.34. The molecule has 0 amide bonds. The average molecular weight is 112 g/mol. The Labute approximate surface area is 49.8 Å². The molecule has 1 atom stereocenters. The van der Waals surface area contributed by atoms with Crippen LogP contribution in [0.2, 0.25) is 0 Å². The van der Waals surface area contributed by atoms with Gasteiger partial charge >= 0.3 is 0 Å². The van der Waals surface area contributed by atoms with E-state index in [9.17, 15) is 0 Å². The van der Waals surface area contributed by atoms with Crippen LogP contribution in [-0.2, 0) is 0 Å². The molecule has 0 aromatic heterocycles. The molecule has 2 nitrogen and oxygen atoms in total. The summed E-state index contributed by atoms with van der Waals surface area (Å²) in [4.78, 5) is 0. The lowest BCUT2D eigenvalue weighted by atomic mass is 10.0. The van der Waals surface area contributed by atoms with E-state index in [2.05, 4.69) is 12.2 Å². The molecular weight excluding hydrogens is 100 g/mol. The Bertz CT molecular complexity index is 98.7. The quantitative estimate of drug-likeness (QED) is 0.474. The highest BCUT2D eigenvalue weighted by Crippen LogP contribution is 2.04. The van der Waals surface area contributed by atoms with Gasteiger partial charge in [0.1, 0.15) is 0 Å². The Morgan fingerprint density at radius 1 is 1.75 bits per heavy atom. The average Bonchev–Trinajstić information content (AvgIpc) is 1.64. The summed E-state index contributed by atoms with van der Waals surface area (Å²) in [5.74, 6) is 0.677. The summed E-state index contributed by atoms with van der Waals surface area (Å²) in [5.41, 5.74) is 0.851. The number of hydrogen-bond acceptors (Lipinski definition) is 2. The van der Waals surface area contributed by atoms with Crippen molar-refractivity contribution in [3.05, 3.63) is 0 Å². The van der Waals surface area contributed by atoms with Gasteiger partial charge in [-0.2, -0.15) is 0 Å². The molecule has 1 heterocycles. The lowest BCUT2D eigenvalue weighted by Crippen LogP contribution is -2.34. The van der Waals surface area contributed by atoms with E-state index >= 15 is 0 Å². The maximum atomic E-state index is 7.26. The molecule has 1 fully saturated rings. The standard InChI is InChI=1S/C6H12N2/c1-5-2-6(7)4-8-3-5/h5,7-8H,2-4H2,1H3. The first-order valence-corrected chi connectivity index (χ1v) is 3.06. The number of hydrogen-bond donors (Lipinski definition) is 2. The van der Waals surface area contributed by atoms with Crippen molar-refractivity contribution in [2.24, 2.45) is 5.92 Å². The first-order valence-electron chi connectivity index (χ1n) is 3.06. The Kier molecular flexibility index (Phi) is 1.63. The van der Waals surface area contributed by atoms with Crippen molar-refractivity contribution in [2.45, 2.75) is 13.3 Å². The summed E-state index contributed by atoms with van der Waals surface area (Å²) in [6, 6.07) is 0. The molecule has 0 spiro atoms. The van der Waals surface area contributed by atoms with Crippen LogP contribution in [-0.4, -0.2) is 18.8 Å². The second-order valence-electron chi connectivity index (χ2n) is 2.54. The van der Waals surface area contributed by atoms with E-state index in [1.807, 2.05) is 0 Å². The molecule has 2 N–H and O–H groups in total. The molecule has 1 unspecified atom stereocenters. The molecule has 46 valence electrons. The Morgan fingerprint density at radius 2 is 2.50 bits per heavy atom. The van der Waals surface area contributed by atoms with Crippen LogP contribution in [0.5, 0.6) is 0 Å². The molecule has 0 aliphatic carbocycles. The third kappa shape index (κ3) is 1.30. The third-order valence-electron chi connectivity index (χ3n) is 1.43. The van der Waals surface area contributed by atoms with Crippen LogP contribution >= 0.6 is 0 Å². The maximum Gasteiger partial charge on any atom is 0.0332 e. The molecule has 1 saturated heterocycles. The van der Waals surface area contributed by atoms with Crippen LogP contribution in [0.4, 0.5) is 0 Å². The molecular formula is C6H12N2. The summed E-state index contributed by atoms with van der Waals surface area (Å²) >= 11 is 0. The SMILES string of the molecule is CC1CNCC(=N)C1. The lowest BCUT2D eigenvalue weighted by molar-refractivity contribution is 0.516. The van der Waals surface area contributed by atoms with Gasteiger partial charge in [-0.3, -0.25) is 0 Å². The summed E-state index contributed by atoms with van der Waals surface area (Å²) in [6.07, 6.45) is 0.993. The highest BCUT2D eigenvalue weighted by Gasteiger charge is 2.10. The van der Waals surface area contributed by atoms with Crippen molar-refractivity contribution >= 4 is 5.71 Å². The van der Waals surface area contributed by atoms with Gasteiger partial charge in [0.05, 0.1) is 0 Å². The lowest BCUT2D eigenvalue weighted by Gasteiger charge is -2.18. The van der Waals surface area contributed by atoms with Gasteiger partial charge in [-0.15, -0.1) is 0 Å². The molecule has 0 bridgehead atoms. The highest BCUT2D eigenvalue weighted by atomic mass is 14.9. The van der Waals surface area contributed by atoms with Crippen LogP contribution in [0, 0.1) is 11.3 Å². The fourth-order valence-electron chi connectivity index (χ4n) is 1.03. The van der Waals surface area contributed by atoms with E-state index in [1.54, 1.807) is 0 Å². The second kappa shape index (κ2) is 2.27. The number of nitrogens with one attached hydrogen (secondary N) is 2. The van der Waals surface area contributed by atoms with E-state index in [0.717, 1.165) is 25.2 Å². The molecule has 2 heteroatoms. The molecule has 1 aliphatic rings. The fraction of sp³-hybridized carbons (Fsp3) is 0.833. The van der Waals surface area contributed by atoms with Crippen molar-refractivity contribution in [1.29, 1.82) is 5.41 Å². The maximum absolute atomic E-state index is 7.26. The first-order chi connectivity index (χ1) is 3.79. The highest BCUT2D eigenvalue weighted by molar-refractivity contribution is 5.84. The molecule has 0 radical (unpaired) electrons. The molecule has 1 rings (SSSR count). The first kappa shape index (κ1) is 5.76. The van der Waals surface area contributed by atoms with E-state index in [4.69, 9.17) is 5.41 Å². The zero-order valence-corrected chi connectivity index (χ0v) is 5.20. The van der Waals surface area contributed by atoms with Gasteiger partial charge in [-0.05, 0) is 18.9 Å². The van der Waals surface area contributed by atoms with E-state index in [-0.39, 0.29) is 0 Å². The third-order valence-corrected chi connectivity index (χ3v) is 1.43. The Hall–Kier alpha value is -0.370. The van der Waals surface area contributed by atoms with Gasteiger partial charge in [0.15, 0.2) is 0 Å². The molecule has 8 heavy (non-hydrogen) atoms. The zero-order valence-electron chi connectivity index (χ0n) is 5.20. The van der Waals surface area contributed by atoms with Crippen LogP contribution in [0.1, 0.15) is 13.3 Å². The number of piperidine rings is 1. The van der Waals surface area contributed by atoms with Gasteiger partial charge in [0.25, 0.3) is 0 Å². The second-order valence-corrected chi connectivity index (χ2v) is 2.54. The van der Waals surface area contributed by atoms with Crippen LogP contribution < -0.4 is 5.32 Å². The summed E-state index contributed by atoms with van der Waals surface area (Å²) in [6.45, 7) is 4.06. The van der Waals surface area contributed by atoms with Gasteiger partial charge in [-0.25, -0.2) is 0 Å². The summed E-state index contributed by atoms with van der Waals surface area (Å²) in [5, 5.41) is 10.4. The minimum absolute atomic E-state index is 0.677. The molecule has 0 aromatic carbocycles. The van der Waals surface area contributed by atoms with Crippen molar-refractivity contribution in [3.8, 4) is 0 Å². The minimum Gasteiger partial charge on any atom is -0.311 e. The van der Waals surface area contributed by atoms with E-state index in [1.165, 1.54) is 0 Å². The summed E-state index contributed by atoms with van der Waals surface area (Å²) in [7, 11) is 0. The van der Waals surface area contributed by atoms with Crippen LogP contribution in [0.3, 0.4) is 0 Å². The monoisotopic (exact) mass is 112 g/mol. The van der Waals surface area contributed by atoms with Crippen molar-refractivity contribution in [2.75, 3.05) is 13.1 Å². The van der Waals surface area contributed by atoms with Crippen LogP contribution in [0.25, 0.3) is 0 Å². The van der Waals surface area contributed by atoms with Gasteiger partial charge in [0, 0.05) is 12.3 Å². The Morgan fingerprint density at radius 3 is 2.88 bits per heavy atom. The molecule has 0 saturated carbocycles. The van der Waals surface area contributed by atoms with Gasteiger partial charge in [-0.1, -0.05) is 6.92 Å². The fourth-order valence-corrected chi connectivity index (χ4v) is 1.03. The number of rotatable bonds is 0. The van der Waals surface area contributed by atoms with Gasteiger partial charge in [0.2, 0.25) is 0 Å². The van der Waals surface area contributed by atoms with Crippen molar-refractivity contribution < 1.29 is 0 Å². The minimum atomic E-state index is 0.677. The van der Waals surface area contributed by atoms with E-state index in [0.29, 0.717) is 5.92 Å². The van der Waals surface area contributed by atoms with Gasteiger partial charge < -0.3 is 10.7 Å². The predicted molar refractivity (Wildman–Crippen MR) is 34.4 cm³/mol. The van der Waals surface area contributed by atoms with Crippen molar-refractivity contribution in [3.63, 3.8) is 0 Å². The van der Waals surface area contributed by atoms with Crippen molar-refractivity contribution in [1.82, 2.24) is 5.32 Å². The van der Waals surface area contributed by atoms with Crippen LogP contribution in [0.15, 0.2) is 0 Å². The molecule has 0 aromatic rings. The smallest absolute Gasteiger partial charge is 0.0332 e. The predicted octanol–water partition coefficient (Wildman–Crippen LogP) is 0.636. The normalized spacial score (nSPS) is 30.6. The van der Waals surface area contributed by atoms with E-state index < -0.39 is 0 Å².